The third-order valence-corrected chi connectivity index (χ3v) is 3.83. The Morgan fingerprint density at radius 3 is 2.17 bits per heavy atom. The molecule has 0 aliphatic rings. The Kier molecular flexibility index (Phi) is 6.10. The maximum Gasteiger partial charge on any atom is 0.696 e. The summed E-state index contributed by atoms with van der Waals surface area (Å²) in [7, 11) is -2.48. The molecule has 0 radical (unpaired) electrons. The first-order valence-corrected chi connectivity index (χ1v) is 6.21. The predicted molar refractivity (Wildman–Crippen MR) is 52.4 cm³/mol. The fraction of sp³-hybridized carbons (Fsp3) is 1.00. The van der Waals surface area contributed by atoms with Gasteiger partial charge in [-0.25, -0.2) is 0 Å². The van der Waals surface area contributed by atoms with E-state index in [0.717, 1.165) is 18.6 Å². The van der Waals surface area contributed by atoms with Crippen molar-refractivity contribution in [2.75, 3.05) is 5.75 Å². The van der Waals surface area contributed by atoms with Crippen molar-refractivity contribution in [2.24, 2.45) is 0 Å². The van der Waals surface area contributed by atoms with E-state index >= 15 is 0 Å². The van der Waals surface area contributed by atoms with Crippen molar-refractivity contribution in [3.63, 3.8) is 0 Å². The molecule has 0 fully saturated rings. The van der Waals surface area contributed by atoms with E-state index in [0.29, 0.717) is 0 Å². The highest BCUT2D eigenvalue weighted by molar-refractivity contribution is 8.00. The van der Waals surface area contributed by atoms with Gasteiger partial charge in [-0.1, -0.05) is 20.8 Å². The SMILES string of the molecule is CCSC(CC)(CC)O[P+](=O)O. The normalized spacial score (nSPS) is 13.2. The summed E-state index contributed by atoms with van der Waals surface area (Å²) in [5.41, 5.74) is 0. The number of hydrogen-bond acceptors (Lipinski definition) is 3. The standard InChI is InChI=1S/C7H15O3PS/c1-4-7(5-2,12-6-3)10-11(8)9/h4-6H2,1-3H3/p+1. The van der Waals surface area contributed by atoms with E-state index in [1.807, 2.05) is 20.8 Å². The van der Waals surface area contributed by atoms with E-state index in [1.54, 1.807) is 11.8 Å². The minimum Gasteiger partial charge on any atom is -0.133 e. The van der Waals surface area contributed by atoms with Crippen molar-refractivity contribution in [1.82, 2.24) is 0 Å². The molecule has 0 aromatic carbocycles. The highest BCUT2D eigenvalue weighted by atomic mass is 32.2. The van der Waals surface area contributed by atoms with Crippen LogP contribution in [0, 0.1) is 0 Å². The molecule has 0 rings (SSSR count). The van der Waals surface area contributed by atoms with Gasteiger partial charge in [0, 0.05) is 4.57 Å². The molecule has 1 unspecified atom stereocenters. The molecule has 1 atom stereocenters. The van der Waals surface area contributed by atoms with Gasteiger partial charge in [0.2, 0.25) is 0 Å². The van der Waals surface area contributed by atoms with Crippen LogP contribution in [0.4, 0.5) is 0 Å². The van der Waals surface area contributed by atoms with Crippen LogP contribution in [0.15, 0.2) is 0 Å². The lowest BCUT2D eigenvalue weighted by molar-refractivity contribution is 0.147. The molecule has 0 aliphatic heterocycles. The minimum absolute atomic E-state index is 0.461. The molecule has 0 spiro atoms. The fourth-order valence-corrected chi connectivity index (χ4v) is 2.89. The third-order valence-electron chi connectivity index (χ3n) is 1.73. The van der Waals surface area contributed by atoms with Crippen molar-refractivity contribution in [2.45, 2.75) is 38.5 Å². The summed E-state index contributed by atoms with van der Waals surface area (Å²) in [5, 5.41) is 0. The van der Waals surface area contributed by atoms with Crippen molar-refractivity contribution in [1.29, 1.82) is 0 Å². The van der Waals surface area contributed by atoms with E-state index in [1.165, 1.54) is 0 Å². The molecule has 0 aromatic heterocycles. The average molecular weight is 211 g/mol. The Bertz CT molecular complexity index is 148. The van der Waals surface area contributed by atoms with Gasteiger partial charge in [-0.3, -0.25) is 0 Å². The van der Waals surface area contributed by atoms with Gasteiger partial charge in [-0.15, -0.1) is 21.2 Å². The lowest BCUT2D eigenvalue weighted by Gasteiger charge is -2.22. The molecule has 0 bridgehead atoms. The second-order valence-electron chi connectivity index (χ2n) is 2.38. The summed E-state index contributed by atoms with van der Waals surface area (Å²) in [6.07, 6.45) is 1.51. The Morgan fingerprint density at radius 2 is 1.92 bits per heavy atom. The molecular formula is C7H16O3PS+. The zero-order chi connectivity index (χ0) is 9.61. The van der Waals surface area contributed by atoms with Crippen LogP contribution in [-0.2, 0) is 9.09 Å². The lowest BCUT2D eigenvalue weighted by atomic mass is 10.2. The Labute approximate surface area is 78.8 Å². The van der Waals surface area contributed by atoms with Gasteiger partial charge >= 0.3 is 8.25 Å². The van der Waals surface area contributed by atoms with Crippen LogP contribution in [-0.4, -0.2) is 15.6 Å². The van der Waals surface area contributed by atoms with Crippen LogP contribution >= 0.6 is 20.0 Å². The van der Waals surface area contributed by atoms with Crippen LogP contribution in [0.1, 0.15) is 33.6 Å². The largest absolute Gasteiger partial charge is 0.696 e. The number of hydrogen-bond donors (Lipinski definition) is 1. The molecule has 0 amide bonds. The highest BCUT2D eigenvalue weighted by Gasteiger charge is 2.37. The van der Waals surface area contributed by atoms with E-state index in [2.05, 4.69) is 0 Å². The number of thioether (sulfide) groups is 1. The quantitative estimate of drug-likeness (QED) is 0.542. The molecule has 1 N–H and O–H groups in total. The Balaban J connectivity index is 4.23. The summed E-state index contributed by atoms with van der Waals surface area (Å²) >= 11 is 1.59. The maximum atomic E-state index is 10.5. The Morgan fingerprint density at radius 1 is 1.42 bits per heavy atom. The Hall–Kier alpha value is 0.370. The topological polar surface area (TPSA) is 46.5 Å². The average Bonchev–Trinajstić information content (AvgIpc) is 2.03. The molecule has 0 saturated carbocycles. The van der Waals surface area contributed by atoms with Gasteiger partial charge in [0.1, 0.15) is 0 Å². The molecular weight excluding hydrogens is 195 g/mol. The van der Waals surface area contributed by atoms with E-state index < -0.39 is 13.2 Å². The fourth-order valence-electron chi connectivity index (χ4n) is 1.01. The first-order chi connectivity index (χ1) is 5.60. The van der Waals surface area contributed by atoms with Crippen LogP contribution < -0.4 is 0 Å². The second-order valence-corrected chi connectivity index (χ2v) is 4.65. The molecule has 72 valence electrons. The summed E-state index contributed by atoms with van der Waals surface area (Å²) in [4.78, 5) is 8.19. The van der Waals surface area contributed by atoms with Gasteiger partial charge in [-0.05, 0) is 18.6 Å². The minimum atomic E-state index is -2.48. The van der Waals surface area contributed by atoms with Crippen LogP contribution in [0.3, 0.4) is 0 Å². The molecule has 12 heavy (non-hydrogen) atoms. The monoisotopic (exact) mass is 211 g/mol. The third kappa shape index (κ3) is 3.85. The maximum absolute atomic E-state index is 10.5. The van der Waals surface area contributed by atoms with Crippen molar-refractivity contribution in [3.8, 4) is 0 Å². The van der Waals surface area contributed by atoms with Gasteiger partial charge in [-0.2, -0.15) is 0 Å². The first kappa shape index (κ1) is 12.4. The summed E-state index contributed by atoms with van der Waals surface area (Å²) in [6.45, 7) is 5.94. The smallest absolute Gasteiger partial charge is 0.133 e. The van der Waals surface area contributed by atoms with Gasteiger partial charge in [0.25, 0.3) is 0 Å². The molecule has 0 saturated heterocycles. The zero-order valence-electron chi connectivity index (χ0n) is 7.74. The van der Waals surface area contributed by atoms with Crippen molar-refractivity contribution in [3.05, 3.63) is 0 Å². The van der Waals surface area contributed by atoms with E-state index in [4.69, 9.17) is 9.42 Å². The molecule has 0 aliphatic carbocycles. The summed E-state index contributed by atoms with van der Waals surface area (Å²) in [6, 6.07) is 0. The summed E-state index contributed by atoms with van der Waals surface area (Å²) in [5.74, 6) is 0.894. The van der Waals surface area contributed by atoms with Gasteiger partial charge < -0.3 is 0 Å². The van der Waals surface area contributed by atoms with Crippen molar-refractivity contribution >= 4 is 20.0 Å². The van der Waals surface area contributed by atoms with E-state index in [-0.39, 0.29) is 0 Å². The van der Waals surface area contributed by atoms with E-state index in [9.17, 15) is 4.57 Å². The summed E-state index contributed by atoms with van der Waals surface area (Å²) < 4.78 is 15.5. The lowest BCUT2D eigenvalue weighted by Crippen LogP contribution is -2.24. The van der Waals surface area contributed by atoms with Crippen LogP contribution in [0.2, 0.25) is 0 Å². The molecule has 3 nitrogen and oxygen atoms in total. The van der Waals surface area contributed by atoms with Crippen LogP contribution in [0.5, 0.6) is 0 Å². The second kappa shape index (κ2) is 5.92. The van der Waals surface area contributed by atoms with Gasteiger partial charge in [0.05, 0.1) is 0 Å². The highest BCUT2D eigenvalue weighted by Crippen LogP contribution is 2.40. The number of rotatable bonds is 6. The predicted octanol–water partition coefficient (Wildman–Crippen LogP) is 2.92. The zero-order valence-corrected chi connectivity index (χ0v) is 9.45. The molecule has 0 aromatic rings. The molecule has 5 heteroatoms. The first-order valence-electron chi connectivity index (χ1n) is 4.09. The van der Waals surface area contributed by atoms with Gasteiger partial charge in [0.15, 0.2) is 4.93 Å². The molecule has 0 heterocycles. The van der Waals surface area contributed by atoms with Crippen molar-refractivity contribution < 1.29 is 14.0 Å². The van der Waals surface area contributed by atoms with Crippen LogP contribution in [0.25, 0.3) is 0 Å².